The van der Waals surface area contributed by atoms with E-state index in [4.69, 9.17) is 4.74 Å². The second-order valence-corrected chi connectivity index (χ2v) is 9.51. The third-order valence-corrected chi connectivity index (χ3v) is 7.40. The van der Waals surface area contributed by atoms with Gasteiger partial charge in [-0.15, -0.1) is 0 Å². The zero-order chi connectivity index (χ0) is 24.4. The number of carbonyl (C=O) groups excluding carboxylic acids is 2. The Morgan fingerprint density at radius 1 is 1.06 bits per heavy atom. The molecule has 0 unspecified atom stereocenters. The van der Waals surface area contributed by atoms with Gasteiger partial charge in [-0.25, -0.2) is 4.98 Å². The zero-order valence-corrected chi connectivity index (χ0v) is 20.2. The second-order valence-electron chi connectivity index (χ2n) is 9.51. The highest BCUT2D eigenvalue weighted by molar-refractivity contribution is 5.97. The van der Waals surface area contributed by atoms with Gasteiger partial charge in [0.1, 0.15) is 11.3 Å². The fourth-order valence-corrected chi connectivity index (χ4v) is 5.47. The molecule has 1 aromatic carbocycles. The number of amides is 2. The van der Waals surface area contributed by atoms with Crippen molar-refractivity contribution in [2.45, 2.75) is 44.1 Å². The Bertz CT molecular complexity index is 1210. The fourth-order valence-electron chi connectivity index (χ4n) is 5.47. The van der Waals surface area contributed by atoms with Crippen molar-refractivity contribution in [1.82, 2.24) is 19.8 Å². The lowest BCUT2D eigenvalue weighted by atomic mass is 9.78. The minimum absolute atomic E-state index is 0.0297. The van der Waals surface area contributed by atoms with Crippen LogP contribution < -0.4 is 4.74 Å². The molecule has 5 rings (SSSR count). The van der Waals surface area contributed by atoms with Crippen molar-refractivity contribution in [2.75, 3.05) is 20.1 Å². The molecular weight excluding hydrogens is 440 g/mol. The Morgan fingerprint density at radius 2 is 1.89 bits per heavy atom. The van der Waals surface area contributed by atoms with Crippen molar-refractivity contribution in [3.63, 3.8) is 0 Å². The van der Waals surface area contributed by atoms with Crippen molar-refractivity contribution in [3.05, 3.63) is 83.8 Å². The minimum atomic E-state index is -0.436. The highest BCUT2D eigenvalue weighted by atomic mass is 16.5. The van der Waals surface area contributed by atoms with Crippen LogP contribution in [0.1, 0.15) is 53.2 Å². The van der Waals surface area contributed by atoms with Crippen LogP contribution in [0.5, 0.6) is 11.6 Å². The Balaban J connectivity index is 1.48. The molecule has 2 saturated heterocycles. The quantitative estimate of drug-likeness (QED) is 0.558. The lowest BCUT2D eigenvalue weighted by molar-refractivity contribution is -0.134. The molecule has 7 nitrogen and oxygen atoms in total. The van der Waals surface area contributed by atoms with Crippen molar-refractivity contribution in [2.24, 2.45) is 0 Å². The number of hydrogen-bond donors (Lipinski definition) is 0. The van der Waals surface area contributed by atoms with E-state index in [2.05, 4.69) is 22.1 Å². The molecule has 0 saturated carbocycles. The van der Waals surface area contributed by atoms with E-state index in [1.807, 2.05) is 54.1 Å². The summed E-state index contributed by atoms with van der Waals surface area (Å²) in [5, 5.41) is 0. The molecule has 1 spiro atoms. The molecule has 2 aromatic heterocycles. The molecule has 2 atom stereocenters. The van der Waals surface area contributed by atoms with Gasteiger partial charge in [-0.2, -0.15) is 0 Å². The Labute approximate surface area is 205 Å². The number of carbonyl (C=O) groups is 2. The Kier molecular flexibility index (Phi) is 6.24. The Hall–Kier alpha value is -3.74. The molecule has 2 amide bonds. The third kappa shape index (κ3) is 4.38. The fraction of sp³-hybridized carbons (Fsp3) is 0.357. The summed E-state index contributed by atoms with van der Waals surface area (Å²) in [5.74, 6) is 0.816. The van der Waals surface area contributed by atoms with Gasteiger partial charge >= 0.3 is 0 Å². The number of pyridine rings is 2. The van der Waals surface area contributed by atoms with Crippen molar-refractivity contribution < 1.29 is 14.3 Å². The molecule has 2 aliphatic heterocycles. The minimum Gasteiger partial charge on any atom is -0.437 e. The van der Waals surface area contributed by atoms with Gasteiger partial charge in [-0.1, -0.05) is 36.8 Å². The maximum absolute atomic E-state index is 13.9. The molecule has 3 aromatic rings. The monoisotopic (exact) mass is 470 g/mol. The zero-order valence-electron chi connectivity index (χ0n) is 20.2. The van der Waals surface area contributed by atoms with E-state index in [0.29, 0.717) is 30.8 Å². The van der Waals surface area contributed by atoms with Gasteiger partial charge in [0.25, 0.3) is 5.91 Å². The number of hydrogen-bond acceptors (Lipinski definition) is 5. The number of nitrogens with zero attached hydrogens (tertiary/aromatic N) is 4. The van der Waals surface area contributed by atoms with Crippen LogP contribution in [0.15, 0.2) is 67.0 Å². The lowest BCUT2D eigenvalue weighted by Crippen LogP contribution is -2.53. The van der Waals surface area contributed by atoms with Crippen molar-refractivity contribution in [1.29, 1.82) is 0 Å². The van der Waals surface area contributed by atoms with Gasteiger partial charge in [0.05, 0.1) is 11.7 Å². The van der Waals surface area contributed by atoms with Gasteiger partial charge in [-0.05, 0) is 49.6 Å². The molecular formula is C28H30N4O3. The molecule has 4 heterocycles. The normalized spacial score (nSPS) is 22.3. The standard InChI is InChI=1S/C28H30N4O3/c1-20-13-14-22(17-30-20)35-26-23(11-8-16-29-26)27(34)32-18-24(21-9-4-3-5-10-21)28(19-32)15-7-6-12-25(33)31(28)2/h3-5,8-11,13-14,16-17,24H,6-7,12,15,18-19H2,1-2H3/t24-,28+/m0/s1. The average molecular weight is 471 g/mol. The van der Waals surface area contributed by atoms with Crippen LogP contribution in [0.2, 0.25) is 0 Å². The molecule has 0 bridgehead atoms. The first-order valence-corrected chi connectivity index (χ1v) is 12.1. The molecule has 7 heteroatoms. The van der Waals surface area contributed by atoms with E-state index in [-0.39, 0.29) is 23.6 Å². The summed E-state index contributed by atoms with van der Waals surface area (Å²) >= 11 is 0. The molecule has 2 aliphatic rings. The Morgan fingerprint density at radius 3 is 2.66 bits per heavy atom. The number of benzene rings is 1. The maximum Gasteiger partial charge on any atom is 0.259 e. The molecule has 2 fully saturated rings. The molecule has 35 heavy (non-hydrogen) atoms. The van der Waals surface area contributed by atoms with Gasteiger partial charge in [-0.3, -0.25) is 14.6 Å². The van der Waals surface area contributed by atoms with Crippen molar-refractivity contribution >= 4 is 11.8 Å². The molecule has 180 valence electrons. The summed E-state index contributed by atoms with van der Waals surface area (Å²) in [7, 11) is 1.90. The van der Waals surface area contributed by atoms with Crippen LogP contribution in [0, 0.1) is 6.92 Å². The van der Waals surface area contributed by atoms with Gasteiger partial charge in [0.2, 0.25) is 11.8 Å². The number of ether oxygens (including phenoxy) is 1. The summed E-state index contributed by atoms with van der Waals surface area (Å²) < 4.78 is 5.97. The molecule has 0 N–H and O–H groups in total. The van der Waals surface area contributed by atoms with Gasteiger partial charge < -0.3 is 14.5 Å². The third-order valence-electron chi connectivity index (χ3n) is 7.40. The van der Waals surface area contributed by atoms with Crippen LogP contribution in [-0.4, -0.2) is 57.3 Å². The lowest BCUT2D eigenvalue weighted by Gasteiger charge is -2.42. The number of likely N-dealkylation sites (tertiary alicyclic amines) is 2. The van der Waals surface area contributed by atoms with E-state index in [9.17, 15) is 9.59 Å². The first-order chi connectivity index (χ1) is 17.0. The predicted molar refractivity (Wildman–Crippen MR) is 132 cm³/mol. The highest BCUT2D eigenvalue weighted by Crippen LogP contribution is 2.45. The van der Waals surface area contributed by atoms with E-state index >= 15 is 0 Å². The number of rotatable bonds is 4. The van der Waals surface area contributed by atoms with Crippen LogP contribution in [-0.2, 0) is 4.79 Å². The number of likely N-dealkylation sites (N-methyl/N-ethyl adjacent to an activating group) is 1. The first-order valence-electron chi connectivity index (χ1n) is 12.1. The van der Waals surface area contributed by atoms with Crippen LogP contribution >= 0.6 is 0 Å². The average Bonchev–Trinajstić information content (AvgIpc) is 3.22. The van der Waals surface area contributed by atoms with Gasteiger partial charge in [0, 0.05) is 44.4 Å². The molecule has 0 aliphatic carbocycles. The smallest absolute Gasteiger partial charge is 0.259 e. The number of aromatic nitrogens is 2. The largest absolute Gasteiger partial charge is 0.437 e. The van der Waals surface area contributed by atoms with Gasteiger partial charge in [0.15, 0.2) is 0 Å². The first kappa shape index (κ1) is 23.0. The molecule has 0 radical (unpaired) electrons. The summed E-state index contributed by atoms with van der Waals surface area (Å²) in [6, 6.07) is 17.4. The number of aryl methyl sites for hydroxylation is 1. The second kappa shape index (κ2) is 9.49. The summed E-state index contributed by atoms with van der Waals surface area (Å²) in [5.41, 5.74) is 2.00. The predicted octanol–water partition coefficient (Wildman–Crippen LogP) is 4.59. The highest BCUT2D eigenvalue weighted by Gasteiger charge is 2.53. The van der Waals surface area contributed by atoms with E-state index in [1.54, 1.807) is 24.5 Å². The summed E-state index contributed by atoms with van der Waals surface area (Å²) in [4.78, 5) is 39.2. The topological polar surface area (TPSA) is 75.6 Å². The maximum atomic E-state index is 13.9. The van der Waals surface area contributed by atoms with Crippen LogP contribution in [0.3, 0.4) is 0 Å². The summed E-state index contributed by atoms with van der Waals surface area (Å²) in [6.07, 6.45) is 6.50. The van der Waals surface area contributed by atoms with Crippen molar-refractivity contribution in [3.8, 4) is 11.6 Å². The van der Waals surface area contributed by atoms with E-state index < -0.39 is 5.54 Å². The van der Waals surface area contributed by atoms with E-state index in [1.165, 1.54) is 0 Å². The summed E-state index contributed by atoms with van der Waals surface area (Å²) in [6.45, 7) is 2.91. The SMILES string of the molecule is Cc1ccc(Oc2ncccc2C(=O)N2C[C@@H](c3ccccc3)[C@@]3(CCCCC(=O)N3C)C2)cn1. The van der Waals surface area contributed by atoms with Crippen LogP contribution in [0.25, 0.3) is 0 Å². The van der Waals surface area contributed by atoms with Crippen LogP contribution in [0.4, 0.5) is 0 Å². The van der Waals surface area contributed by atoms with E-state index in [0.717, 1.165) is 30.5 Å².